The summed E-state index contributed by atoms with van der Waals surface area (Å²) >= 11 is 0. The van der Waals surface area contributed by atoms with Crippen LogP contribution in [0, 0.1) is 0 Å². The zero-order chi connectivity index (χ0) is 14.2. The standard InChI is InChI=1S/C15H21NO3S/c1-20(17,18)14-6-4-13(5-7-14)16-10-11-19-15(12-16)8-2-3-9-15/h4-7H,2-3,8-12H2,1H3. The summed E-state index contributed by atoms with van der Waals surface area (Å²) in [5, 5.41) is 0. The van der Waals surface area contributed by atoms with Crippen molar-refractivity contribution in [2.75, 3.05) is 30.9 Å². The molecule has 1 aliphatic carbocycles. The van der Waals surface area contributed by atoms with Gasteiger partial charge < -0.3 is 9.64 Å². The van der Waals surface area contributed by atoms with Crippen LogP contribution in [-0.2, 0) is 14.6 Å². The number of anilines is 1. The molecule has 1 aromatic carbocycles. The largest absolute Gasteiger partial charge is 0.371 e. The van der Waals surface area contributed by atoms with E-state index in [-0.39, 0.29) is 5.60 Å². The first-order chi connectivity index (χ1) is 9.49. The van der Waals surface area contributed by atoms with Gasteiger partial charge in [-0.25, -0.2) is 8.42 Å². The molecule has 2 fully saturated rings. The first kappa shape index (κ1) is 13.9. The number of sulfone groups is 1. The molecule has 1 aliphatic heterocycles. The molecule has 3 rings (SSSR count). The highest BCUT2D eigenvalue weighted by atomic mass is 32.2. The summed E-state index contributed by atoms with van der Waals surface area (Å²) in [7, 11) is -3.12. The van der Waals surface area contributed by atoms with Crippen molar-refractivity contribution >= 4 is 15.5 Å². The van der Waals surface area contributed by atoms with Gasteiger partial charge in [0.15, 0.2) is 9.84 Å². The maximum Gasteiger partial charge on any atom is 0.175 e. The maximum atomic E-state index is 11.5. The highest BCUT2D eigenvalue weighted by molar-refractivity contribution is 7.90. The Kier molecular flexibility index (Phi) is 3.50. The maximum absolute atomic E-state index is 11.5. The first-order valence-corrected chi connectivity index (χ1v) is 9.07. The van der Waals surface area contributed by atoms with Crippen molar-refractivity contribution in [3.8, 4) is 0 Å². The van der Waals surface area contributed by atoms with Gasteiger partial charge in [-0.2, -0.15) is 0 Å². The number of ether oxygens (including phenoxy) is 1. The molecule has 0 radical (unpaired) electrons. The Hall–Kier alpha value is -1.07. The summed E-state index contributed by atoms with van der Waals surface area (Å²) in [6.45, 7) is 2.55. The third kappa shape index (κ3) is 2.69. The number of benzene rings is 1. The Morgan fingerprint density at radius 2 is 1.80 bits per heavy atom. The lowest BCUT2D eigenvalue weighted by atomic mass is 9.99. The Balaban J connectivity index is 1.79. The highest BCUT2D eigenvalue weighted by Crippen LogP contribution is 2.37. The van der Waals surface area contributed by atoms with E-state index in [0.717, 1.165) is 38.2 Å². The minimum atomic E-state index is -3.12. The predicted octanol–water partition coefficient (Wildman–Crippen LogP) is 2.24. The first-order valence-electron chi connectivity index (χ1n) is 7.18. The monoisotopic (exact) mass is 295 g/mol. The molecular weight excluding hydrogens is 274 g/mol. The molecule has 1 heterocycles. The minimum Gasteiger partial charge on any atom is -0.371 e. The van der Waals surface area contributed by atoms with Crippen LogP contribution in [0.3, 0.4) is 0 Å². The lowest BCUT2D eigenvalue weighted by Gasteiger charge is -2.41. The lowest BCUT2D eigenvalue weighted by Crippen LogP contribution is -2.50. The zero-order valence-corrected chi connectivity index (χ0v) is 12.7. The number of rotatable bonds is 2. The second-order valence-corrected chi connectivity index (χ2v) is 7.94. The highest BCUT2D eigenvalue weighted by Gasteiger charge is 2.39. The van der Waals surface area contributed by atoms with E-state index in [0.29, 0.717) is 4.90 Å². The fourth-order valence-corrected chi connectivity index (χ4v) is 3.92. The van der Waals surface area contributed by atoms with Crippen LogP contribution in [0.5, 0.6) is 0 Å². The van der Waals surface area contributed by atoms with Gasteiger partial charge in [-0.05, 0) is 37.1 Å². The number of morpholine rings is 1. The van der Waals surface area contributed by atoms with E-state index in [4.69, 9.17) is 4.74 Å². The molecule has 2 aliphatic rings. The van der Waals surface area contributed by atoms with Gasteiger partial charge in [-0.3, -0.25) is 0 Å². The van der Waals surface area contributed by atoms with Gasteiger partial charge in [0, 0.05) is 25.0 Å². The number of hydrogen-bond donors (Lipinski definition) is 0. The van der Waals surface area contributed by atoms with Crippen molar-refractivity contribution in [1.29, 1.82) is 0 Å². The molecule has 20 heavy (non-hydrogen) atoms. The molecule has 1 saturated heterocycles. The minimum absolute atomic E-state index is 0.0355. The van der Waals surface area contributed by atoms with Crippen LogP contribution >= 0.6 is 0 Å². The fraction of sp³-hybridized carbons (Fsp3) is 0.600. The van der Waals surface area contributed by atoms with Crippen LogP contribution < -0.4 is 4.90 Å². The van der Waals surface area contributed by atoms with Crippen LogP contribution in [0.15, 0.2) is 29.2 Å². The molecule has 5 heteroatoms. The smallest absolute Gasteiger partial charge is 0.175 e. The molecular formula is C15H21NO3S. The van der Waals surface area contributed by atoms with Gasteiger partial charge >= 0.3 is 0 Å². The molecule has 4 nitrogen and oxygen atoms in total. The van der Waals surface area contributed by atoms with Gasteiger partial charge in [0.1, 0.15) is 0 Å². The molecule has 0 unspecified atom stereocenters. The summed E-state index contributed by atoms with van der Waals surface area (Å²) < 4.78 is 29.0. The van der Waals surface area contributed by atoms with E-state index in [1.165, 1.54) is 19.1 Å². The second kappa shape index (κ2) is 5.04. The van der Waals surface area contributed by atoms with Crippen molar-refractivity contribution in [2.45, 2.75) is 36.2 Å². The van der Waals surface area contributed by atoms with E-state index in [1.54, 1.807) is 12.1 Å². The van der Waals surface area contributed by atoms with Crippen molar-refractivity contribution in [3.05, 3.63) is 24.3 Å². The Labute approximate surface area is 120 Å². The third-order valence-electron chi connectivity index (χ3n) is 4.39. The van der Waals surface area contributed by atoms with Crippen molar-refractivity contribution in [1.82, 2.24) is 0 Å². The molecule has 110 valence electrons. The van der Waals surface area contributed by atoms with Gasteiger partial charge in [-0.1, -0.05) is 12.8 Å². The van der Waals surface area contributed by atoms with Gasteiger partial charge in [0.05, 0.1) is 17.1 Å². The second-order valence-electron chi connectivity index (χ2n) is 5.93. The Morgan fingerprint density at radius 3 is 2.40 bits per heavy atom. The molecule has 1 spiro atoms. The molecule has 0 amide bonds. The number of nitrogens with zero attached hydrogens (tertiary/aromatic N) is 1. The van der Waals surface area contributed by atoms with E-state index in [2.05, 4.69) is 4.90 Å². The van der Waals surface area contributed by atoms with Crippen LogP contribution in [-0.4, -0.2) is 40.0 Å². The van der Waals surface area contributed by atoms with E-state index >= 15 is 0 Å². The predicted molar refractivity (Wildman–Crippen MR) is 78.9 cm³/mol. The third-order valence-corrected chi connectivity index (χ3v) is 5.52. The number of hydrogen-bond acceptors (Lipinski definition) is 4. The van der Waals surface area contributed by atoms with Crippen molar-refractivity contribution in [2.24, 2.45) is 0 Å². The summed E-state index contributed by atoms with van der Waals surface area (Å²) in [6, 6.07) is 7.21. The Morgan fingerprint density at radius 1 is 1.15 bits per heavy atom. The molecule has 0 N–H and O–H groups in total. The van der Waals surface area contributed by atoms with E-state index in [1.807, 2.05) is 12.1 Å². The van der Waals surface area contributed by atoms with Gasteiger partial charge in [0.2, 0.25) is 0 Å². The quantitative estimate of drug-likeness (QED) is 0.839. The van der Waals surface area contributed by atoms with Gasteiger partial charge in [0.25, 0.3) is 0 Å². The van der Waals surface area contributed by atoms with E-state index in [9.17, 15) is 8.42 Å². The van der Waals surface area contributed by atoms with Crippen LogP contribution in [0.1, 0.15) is 25.7 Å². The summed E-state index contributed by atoms with van der Waals surface area (Å²) in [5.74, 6) is 0. The van der Waals surface area contributed by atoms with Crippen molar-refractivity contribution in [3.63, 3.8) is 0 Å². The summed E-state index contributed by atoms with van der Waals surface area (Å²) in [5.41, 5.74) is 1.13. The van der Waals surface area contributed by atoms with Crippen LogP contribution in [0.4, 0.5) is 5.69 Å². The van der Waals surface area contributed by atoms with Crippen LogP contribution in [0.2, 0.25) is 0 Å². The topological polar surface area (TPSA) is 46.6 Å². The normalized spacial score (nSPS) is 22.4. The fourth-order valence-electron chi connectivity index (χ4n) is 3.29. The molecule has 1 aromatic rings. The summed E-state index contributed by atoms with van der Waals surface area (Å²) in [4.78, 5) is 2.70. The molecule has 0 atom stereocenters. The molecule has 1 saturated carbocycles. The Bertz CT molecular complexity index is 574. The average Bonchev–Trinajstić information content (AvgIpc) is 2.86. The van der Waals surface area contributed by atoms with Crippen molar-refractivity contribution < 1.29 is 13.2 Å². The summed E-state index contributed by atoms with van der Waals surface area (Å²) in [6.07, 6.45) is 6.03. The van der Waals surface area contributed by atoms with E-state index < -0.39 is 9.84 Å². The zero-order valence-electron chi connectivity index (χ0n) is 11.8. The average molecular weight is 295 g/mol. The SMILES string of the molecule is CS(=O)(=O)c1ccc(N2CCOC3(CCCC3)C2)cc1. The lowest BCUT2D eigenvalue weighted by molar-refractivity contribution is -0.0501. The van der Waals surface area contributed by atoms with Crippen LogP contribution in [0.25, 0.3) is 0 Å². The molecule has 0 aromatic heterocycles. The van der Waals surface area contributed by atoms with Gasteiger partial charge in [-0.15, -0.1) is 0 Å². The molecule has 0 bridgehead atoms.